The Kier molecular flexibility index (Phi) is 9.16. The van der Waals surface area contributed by atoms with Crippen molar-refractivity contribution < 1.29 is 9.50 Å². The van der Waals surface area contributed by atoms with E-state index in [1.165, 1.54) is 17.7 Å². The van der Waals surface area contributed by atoms with Gasteiger partial charge in [-0.15, -0.1) is 24.0 Å². The van der Waals surface area contributed by atoms with Gasteiger partial charge in [0.05, 0.1) is 0 Å². The molecular formula is C22H30FIN4O. The van der Waals surface area contributed by atoms with Crippen molar-refractivity contribution >= 4 is 29.9 Å². The molecule has 7 heteroatoms. The van der Waals surface area contributed by atoms with Crippen LogP contribution in [0, 0.1) is 5.82 Å². The molecule has 1 fully saturated rings. The second-order valence-electron chi connectivity index (χ2n) is 7.38. The maximum atomic E-state index is 13.5. The first kappa shape index (κ1) is 23.4. The topological polar surface area (TPSA) is 59.9 Å². The molecule has 0 spiro atoms. The first-order chi connectivity index (χ1) is 13.5. The second-order valence-corrected chi connectivity index (χ2v) is 7.38. The van der Waals surface area contributed by atoms with Crippen molar-refractivity contribution in [2.75, 3.05) is 13.6 Å². The number of benzene rings is 2. The Morgan fingerprint density at radius 1 is 1.21 bits per heavy atom. The van der Waals surface area contributed by atoms with Crippen LogP contribution in [0.4, 0.5) is 4.39 Å². The summed E-state index contributed by atoms with van der Waals surface area (Å²) in [5.41, 5.74) is 2.10. The summed E-state index contributed by atoms with van der Waals surface area (Å²) in [6, 6.07) is 15.8. The number of hydrogen-bond acceptors (Lipinski definition) is 3. The minimum atomic E-state index is -0.609. The van der Waals surface area contributed by atoms with E-state index in [0.29, 0.717) is 24.6 Å². The van der Waals surface area contributed by atoms with Crippen molar-refractivity contribution in [1.82, 2.24) is 15.5 Å². The van der Waals surface area contributed by atoms with Gasteiger partial charge in [-0.1, -0.05) is 36.4 Å². The molecule has 1 aliphatic heterocycles. The molecule has 2 aromatic rings. The smallest absolute Gasteiger partial charge is 0.191 e. The van der Waals surface area contributed by atoms with Crippen LogP contribution in [0.5, 0.6) is 5.75 Å². The van der Waals surface area contributed by atoms with Crippen LogP contribution in [0.3, 0.4) is 0 Å². The highest BCUT2D eigenvalue weighted by atomic mass is 127. The number of aromatic hydroxyl groups is 1. The second kappa shape index (κ2) is 11.3. The molecule has 2 unspecified atom stereocenters. The minimum absolute atomic E-state index is 0. The number of nitrogens with zero attached hydrogens (tertiary/aromatic N) is 2. The van der Waals surface area contributed by atoms with E-state index in [0.717, 1.165) is 31.5 Å². The fourth-order valence-corrected chi connectivity index (χ4v) is 3.64. The van der Waals surface area contributed by atoms with Gasteiger partial charge in [-0.25, -0.2) is 4.39 Å². The zero-order valence-corrected chi connectivity index (χ0v) is 19.3. The SMILES string of the molecule is CN=C(NCc1ccc(O)c(F)c1)NC1CCN(Cc2ccccc2)C(C)C1.I. The van der Waals surface area contributed by atoms with Crippen LogP contribution in [0.1, 0.15) is 30.9 Å². The third-order valence-corrected chi connectivity index (χ3v) is 5.28. The Labute approximate surface area is 189 Å². The Balaban J connectivity index is 0.00000300. The van der Waals surface area contributed by atoms with Gasteiger partial charge in [-0.05, 0) is 43.0 Å². The zero-order valence-electron chi connectivity index (χ0n) is 16.9. The lowest BCUT2D eigenvalue weighted by atomic mass is 9.97. The summed E-state index contributed by atoms with van der Waals surface area (Å²) < 4.78 is 13.5. The predicted octanol–water partition coefficient (Wildman–Crippen LogP) is 3.87. The van der Waals surface area contributed by atoms with Crippen LogP contribution in [0.15, 0.2) is 53.5 Å². The molecule has 5 nitrogen and oxygen atoms in total. The molecule has 0 aliphatic carbocycles. The lowest BCUT2D eigenvalue weighted by molar-refractivity contribution is 0.134. The third-order valence-electron chi connectivity index (χ3n) is 5.28. The van der Waals surface area contributed by atoms with Crippen molar-refractivity contribution in [3.05, 3.63) is 65.5 Å². The molecule has 2 aromatic carbocycles. The summed E-state index contributed by atoms with van der Waals surface area (Å²) in [5, 5.41) is 16.0. The number of nitrogens with one attached hydrogen (secondary N) is 2. The van der Waals surface area contributed by atoms with Crippen LogP contribution in [-0.2, 0) is 13.1 Å². The first-order valence-corrected chi connectivity index (χ1v) is 9.77. The third kappa shape index (κ3) is 6.85. The Morgan fingerprint density at radius 3 is 2.62 bits per heavy atom. The number of phenolic OH excluding ortho intramolecular Hbond substituents is 1. The van der Waals surface area contributed by atoms with Gasteiger partial charge in [0.2, 0.25) is 0 Å². The largest absolute Gasteiger partial charge is 0.505 e. The maximum absolute atomic E-state index is 13.5. The van der Waals surface area contributed by atoms with Crippen molar-refractivity contribution in [2.24, 2.45) is 4.99 Å². The van der Waals surface area contributed by atoms with E-state index in [1.807, 2.05) is 6.07 Å². The fraction of sp³-hybridized carbons (Fsp3) is 0.409. The lowest BCUT2D eigenvalue weighted by Gasteiger charge is -2.38. The normalized spacial score (nSPS) is 20.0. The minimum Gasteiger partial charge on any atom is -0.505 e. The molecule has 158 valence electrons. The van der Waals surface area contributed by atoms with Crippen molar-refractivity contribution in [1.29, 1.82) is 0 Å². The van der Waals surface area contributed by atoms with Crippen LogP contribution in [0.25, 0.3) is 0 Å². The van der Waals surface area contributed by atoms with Gasteiger partial charge in [0.25, 0.3) is 0 Å². The average molecular weight is 512 g/mol. The van der Waals surface area contributed by atoms with E-state index in [2.05, 4.69) is 51.7 Å². The molecular weight excluding hydrogens is 482 g/mol. The fourth-order valence-electron chi connectivity index (χ4n) is 3.64. The molecule has 0 bridgehead atoms. The summed E-state index contributed by atoms with van der Waals surface area (Å²) in [7, 11) is 1.74. The average Bonchev–Trinajstić information content (AvgIpc) is 2.70. The van der Waals surface area contributed by atoms with E-state index in [4.69, 9.17) is 0 Å². The zero-order chi connectivity index (χ0) is 19.9. The molecule has 0 saturated carbocycles. The van der Waals surface area contributed by atoms with Gasteiger partial charge in [-0.2, -0.15) is 0 Å². The predicted molar refractivity (Wildman–Crippen MR) is 126 cm³/mol. The number of aliphatic imine (C=N–C) groups is 1. The molecule has 0 aromatic heterocycles. The summed E-state index contributed by atoms with van der Waals surface area (Å²) in [6.45, 7) is 4.73. The molecule has 0 amide bonds. The summed E-state index contributed by atoms with van der Waals surface area (Å²) in [5.74, 6) is -0.230. The highest BCUT2D eigenvalue weighted by Gasteiger charge is 2.25. The van der Waals surface area contributed by atoms with E-state index in [1.54, 1.807) is 13.1 Å². The van der Waals surface area contributed by atoms with Gasteiger partial charge in [-0.3, -0.25) is 9.89 Å². The Bertz CT molecular complexity index is 803. The number of piperidine rings is 1. The van der Waals surface area contributed by atoms with Crippen LogP contribution >= 0.6 is 24.0 Å². The van der Waals surface area contributed by atoms with Crippen LogP contribution < -0.4 is 10.6 Å². The molecule has 1 saturated heterocycles. The van der Waals surface area contributed by atoms with E-state index >= 15 is 0 Å². The molecule has 3 rings (SSSR count). The quantitative estimate of drug-likeness (QED) is 0.324. The number of rotatable bonds is 5. The number of hydrogen-bond donors (Lipinski definition) is 3. The number of likely N-dealkylation sites (tertiary alicyclic amines) is 1. The van der Waals surface area contributed by atoms with Crippen molar-refractivity contribution in [3.8, 4) is 5.75 Å². The molecule has 1 heterocycles. The van der Waals surface area contributed by atoms with Gasteiger partial charge < -0.3 is 15.7 Å². The highest BCUT2D eigenvalue weighted by molar-refractivity contribution is 14.0. The Hall–Kier alpha value is -1.87. The molecule has 1 aliphatic rings. The molecule has 29 heavy (non-hydrogen) atoms. The maximum Gasteiger partial charge on any atom is 0.191 e. The van der Waals surface area contributed by atoms with Gasteiger partial charge in [0.15, 0.2) is 17.5 Å². The van der Waals surface area contributed by atoms with Crippen molar-refractivity contribution in [2.45, 2.75) is 44.9 Å². The molecule has 0 radical (unpaired) electrons. The lowest BCUT2D eigenvalue weighted by Crippen LogP contribution is -2.51. The van der Waals surface area contributed by atoms with Gasteiger partial charge in [0, 0.05) is 38.8 Å². The highest BCUT2D eigenvalue weighted by Crippen LogP contribution is 2.20. The summed E-state index contributed by atoms with van der Waals surface area (Å²) >= 11 is 0. The molecule has 2 atom stereocenters. The van der Waals surface area contributed by atoms with Crippen LogP contribution in [-0.4, -0.2) is 41.6 Å². The number of phenols is 1. The number of guanidine groups is 1. The number of halogens is 2. The van der Waals surface area contributed by atoms with Gasteiger partial charge >= 0.3 is 0 Å². The van der Waals surface area contributed by atoms with E-state index in [-0.39, 0.29) is 29.7 Å². The summed E-state index contributed by atoms with van der Waals surface area (Å²) in [6.07, 6.45) is 2.09. The first-order valence-electron chi connectivity index (χ1n) is 9.77. The van der Waals surface area contributed by atoms with Crippen molar-refractivity contribution in [3.63, 3.8) is 0 Å². The standard InChI is InChI=1S/C22H29FN4O.HI/c1-16-12-19(10-11-27(16)15-17-6-4-3-5-7-17)26-22(24-2)25-14-18-8-9-21(28)20(23)13-18;/h3-9,13,16,19,28H,10-12,14-15H2,1-2H3,(H2,24,25,26);1H. The summed E-state index contributed by atoms with van der Waals surface area (Å²) in [4.78, 5) is 6.80. The Morgan fingerprint density at radius 2 is 1.97 bits per heavy atom. The monoisotopic (exact) mass is 512 g/mol. The van der Waals surface area contributed by atoms with E-state index in [9.17, 15) is 9.50 Å². The van der Waals surface area contributed by atoms with E-state index < -0.39 is 5.82 Å². The van der Waals surface area contributed by atoms with Gasteiger partial charge in [0.1, 0.15) is 0 Å². The molecule has 3 N–H and O–H groups in total. The van der Waals surface area contributed by atoms with Crippen LogP contribution in [0.2, 0.25) is 0 Å².